The van der Waals surface area contributed by atoms with Gasteiger partial charge in [-0.3, -0.25) is 4.79 Å². The Morgan fingerprint density at radius 3 is 2.31 bits per heavy atom. The number of allylic oxidation sites excluding steroid dienone is 2. The SMILES string of the molecule is CC/C(Br)=C\C(C(=O)NCc1ccc(Oc2ccccc2)cc1)=C(/C)N. The number of nitrogens with two attached hydrogens (primary N) is 1. The number of amides is 1. The Hall–Kier alpha value is -2.53. The first-order valence-corrected chi connectivity index (χ1v) is 9.21. The lowest BCUT2D eigenvalue weighted by atomic mass is 10.1. The van der Waals surface area contributed by atoms with Crippen molar-refractivity contribution in [3.05, 3.63) is 82.0 Å². The zero-order valence-corrected chi connectivity index (χ0v) is 16.5. The second kappa shape index (κ2) is 9.82. The van der Waals surface area contributed by atoms with Crippen molar-refractivity contribution >= 4 is 21.8 Å². The zero-order valence-electron chi connectivity index (χ0n) is 15.0. The molecule has 0 radical (unpaired) electrons. The van der Waals surface area contributed by atoms with Crippen LogP contribution in [0.4, 0.5) is 0 Å². The summed E-state index contributed by atoms with van der Waals surface area (Å²) in [5, 5.41) is 2.90. The second-order valence-corrected chi connectivity index (χ2v) is 6.80. The Morgan fingerprint density at radius 1 is 1.12 bits per heavy atom. The fourth-order valence-electron chi connectivity index (χ4n) is 2.19. The van der Waals surface area contributed by atoms with Crippen molar-refractivity contribution in [3.8, 4) is 11.5 Å². The van der Waals surface area contributed by atoms with Crippen LogP contribution in [0.15, 0.2) is 76.4 Å². The minimum absolute atomic E-state index is 0.194. The van der Waals surface area contributed by atoms with Crippen molar-refractivity contribution in [2.45, 2.75) is 26.8 Å². The minimum atomic E-state index is -0.194. The Labute approximate surface area is 162 Å². The third-order valence-corrected chi connectivity index (χ3v) is 4.45. The standard InChI is InChI=1S/C21H23BrN2O2/c1-3-17(22)13-20(15(2)23)21(25)24-14-16-9-11-19(12-10-16)26-18-7-5-4-6-8-18/h4-13H,3,14,23H2,1-2H3,(H,24,25)/b17-13+,20-15-. The number of carbonyl (C=O) groups excluding carboxylic acids is 1. The van der Waals surface area contributed by atoms with Crippen LogP contribution < -0.4 is 15.8 Å². The molecule has 0 fully saturated rings. The molecule has 0 atom stereocenters. The largest absolute Gasteiger partial charge is 0.457 e. The van der Waals surface area contributed by atoms with Gasteiger partial charge < -0.3 is 15.8 Å². The summed E-state index contributed by atoms with van der Waals surface area (Å²) in [4.78, 5) is 12.4. The number of nitrogens with one attached hydrogen (secondary N) is 1. The number of hydrogen-bond acceptors (Lipinski definition) is 3. The van der Waals surface area contributed by atoms with Crippen LogP contribution in [0.1, 0.15) is 25.8 Å². The van der Waals surface area contributed by atoms with Gasteiger partial charge in [-0.1, -0.05) is 53.2 Å². The van der Waals surface area contributed by atoms with E-state index in [1.165, 1.54) is 0 Å². The maximum atomic E-state index is 12.4. The average Bonchev–Trinajstić information content (AvgIpc) is 2.65. The van der Waals surface area contributed by atoms with Gasteiger partial charge in [0.1, 0.15) is 11.5 Å². The van der Waals surface area contributed by atoms with Gasteiger partial charge in [0.25, 0.3) is 5.91 Å². The molecule has 0 unspecified atom stereocenters. The summed E-state index contributed by atoms with van der Waals surface area (Å²) in [7, 11) is 0. The van der Waals surface area contributed by atoms with Gasteiger partial charge >= 0.3 is 0 Å². The van der Waals surface area contributed by atoms with Crippen molar-refractivity contribution in [2.75, 3.05) is 0 Å². The highest BCUT2D eigenvalue weighted by Crippen LogP contribution is 2.21. The summed E-state index contributed by atoms with van der Waals surface area (Å²) in [6.45, 7) is 4.14. The second-order valence-electron chi connectivity index (χ2n) is 5.78. The topological polar surface area (TPSA) is 64.3 Å². The number of hydrogen-bond donors (Lipinski definition) is 2. The highest BCUT2D eigenvalue weighted by atomic mass is 79.9. The Kier molecular flexibility index (Phi) is 7.48. The molecule has 2 aromatic rings. The Balaban J connectivity index is 1.96. The highest BCUT2D eigenvalue weighted by Gasteiger charge is 2.10. The molecule has 0 bridgehead atoms. The molecule has 26 heavy (non-hydrogen) atoms. The van der Waals surface area contributed by atoms with Crippen molar-refractivity contribution < 1.29 is 9.53 Å². The summed E-state index contributed by atoms with van der Waals surface area (Å²) in [5.41, 5.74) is 7.78. The number of para-hydroxylation sites is 1. The van der Waals surface area contributed by atoms with E-state index < -0.39 is 0 Å². The number of halogens is 1. The molecule has 0 saturated carbocycles. The lowest BCUT2D eigenvalue weighted by Gasteiger charge is -2.10. The van der Waals surface area contributed by atoms with Crippen molar-refractivity contribution in [1.29, 1.82) is 0 Å². The van der Waals surface area contributed by atoms with E-state index in [9.17, 15) is 4.79 Å². The molecule has 0 aliphatic heterocycles. The first-order chi connectivity index (χ1) is 12.5. The van der Waals surface area contributed by atoms with E-state index in [0.717, 1.165) is 28.0 Å². The summed E-state index contributed by atoms with van der Waals surface area (Å²) in [5.74, 6) is 1.34. The van der Waals surface area contributed by atoms with Crippen LogP contribution in [0, 0.1) is 0 Å². The van der Waals surface area contributed by atoms with E-state index in [0.29, 0.717) is 17.8 Å². The fourth-order valence-corrected chi connectivity index (χ4v) is 2.42. The first-order valence-electron chi connectivity index (χ1n) is 8.42. The van der Waals surface area contributed by atoms with Gasteiger partial charge in [0.15, 0.2) is 0 Å². The molecule has 0 saturated heterocycles. The molecule has 0 spiro atoms. The molecule has 2 rings (SSSR count). The monoisotopic (exact) mass is 414 g/mol. The van der Waals surface area contributed by atoms with E-state index in [1.807, 2.05) is 61.5 Å². The molecule has 3 N–H and O–H groups in total. The fraction of sp³-hybridized carbons (Fsp3) is 0.190. The minimum Gasteiger partial charge on any atom is -0.457 e. The lowest BCUT2D eigenvalue weighted by Crippen LogP contribution is -2.25. The van der Waals surface area contributed by atoms with Crippen LogP contribution >= 0.6 is 15.9 Å². The summed E-state index contributed by atoms with van der Waals surface area (Å²) in [6, 6.07) is 17.2. The quantitative estimate of drug-likeness (QED) is 0.493. The summed E-state index contributed by atoms with van der Waals surface area (Å²) < 4.78 is 6.69. The predicted octanol–water partition coefficient (Wildman–Crippen LogP) is 5.02. The van der Waals surface area contributed by atoms with Gasteiger partial charge in [-0.25, -0.2) is 0 Å². The third-order valence-electron chi connectivity index (χ3n) is 3.66. The first kappa shape index (κ1) is 19.8. The number of ether oxygens (including phenoxy) is 1. The molecular formula is C21H23BrN2O2. The number of rotatable bonds is 7. The smallest absolute Gasteiger partial charge is 0.253 e. The molecule has 1 amide bonds. The molecule has 0 aliphatic rings. The number of carbonyl (C=O) groups is 1. The van der Waals surface area contributed by atoms with Crippen LogP contribution in [0.5, 0.6) is 11.5 Å². The van der Waals surface area contributed by atoms with Gasteiger partial charge in [0.2, 0.25) is 0 Å². The van der Waals surface area contributed by atoms with Crippen LogP contribution in [0.25, 0.3) is 0 Å². The maximum absolute atomic E-state index is 12.4. The van der Waals surface area contributed by atoms with Gasteiger partial charge in [0, 0.05) is 12.2 Å². The van der Waals surface area contributed by atoms with Gasteiger partial charge in [-0.2, -0.15) is 0 Å². The molecule has 0 aliphatic carbocycles. The molecule has 0 heterocycles. The maximum Gasteiger partial charge on any atom is 0.253 e. The third kappa shape index (κ3) is 6.08. The number of benzene rings is 2. The molecule has 4 nitrogen and oxygen atoms in total. The molecule has 0 aromatic heterocycles. The van der Waals surface area contributed by atoms with Gasteiger partial charge in [-0.05, 0) is 53.7 Å². The predicted molar refractivity (Wildman–Crippen MR) is 109 cm³/mol. The van der Waals surface area contributed by atoms with Crippen molar-refractivity contribution in [3.63, 3.8) is 0 Å². The van der Waals surface area contributed by atoms with Crippen molar-refractivity contribution in [2.24, 2.45) is 5.73 Å². The van der Waals surface area contributed by atoms with Crippen LogP contribution in [0.2, 0.25) is 0 Å². The van der Waals surface area contributed by atoms with Gasteiger partial charge in [0.05, 0.1) is 5.57 Å². The highest BCUT2D eigenvalue weighted by molar-refractivity contribution is 9.11. The zero-order chi connectivity index (χ0) is 18.9. The average molecular weight is 415 g/mol. The molecule has 5 heteroatoms. The van der Waals surface area contributed by atoms with E-state index in [4.69, 9.17) is 10.5 Å². The Morgan fingerprint density at radius 2 is 1.73 bits per heavy atom. The van der Waals surface area contributed by atoms with Crippen molar-refractivity contribution in [1.82, 2.24) is 5.32 Å². The summed E-state index contributed by atoms with van der Waals surface area (Å²) in [6.07, 6.45) is 2.56. The molecular weight excluding hydrogens is 392 g/mol. The van der Waals surface area contributed by atoms with E-state index in [-0.39, 0.29) is 5.91 Å². The van der Waals surface area contributed by atoms with E-state index >= 15 is 0 Å². The van der Waals surface area contributed by atoms with Crippen LogP contribution in [0.3, 0.4) is 0 Å². The van der Waals surface area contributed by atoms with Crippen LogP contribution in [-0.2, 0) is 11.3 Å². The molecule has 2 aromatic carbocycles. The Bertz CT molecular complexity index is 793. The van der Waals surface area contributed by atoms with E-state index in [1.54, 1.807) is 13.0 Å². The lowest BCUT2D eigenvalue weighted by molar-refractivity contribution is -0.117. The van der Waals surface area contributed by atoms with Gasteiger partial charge in [-0.15, -0.1) is 0 Å². The van der Waals surface area contributed by atoms with E-state index in [2.05, 4.69) is 21.2 Å². The van der Waals surface area contributed by atoms with Crippen LogP contribution in [-0.4, -0.2) is 5.91 Å². The molecule has 136 valence electrons. The normalized spacial score (nSPS) is 12.3. The summed E-state index contributed by atoms with van der Waals surface area (Å²) >= 11 is 3.42.